The largest absolute Gasteiger partial charge is 0.196 e. The van der Waals surface area contributed by atoms with Gasteiger partial charge in [-0.3, -0.25) is 0 Å². The quantitative estimate of drug-likeness (QED) is 0.408. The number of hydrogen-bond donors (Lipinski definition) is 0. The average molecular weight is 380 g/mol. The number of aromatic nitrogens is 4. The third-order valence-electron chi connectivity index (χ3n) is 5.13. The molecule has 2 aromatic carbocycles. The average Bonchev–Trinajstić information content (AvgIpc) is 3.18. The van der Waals surface area contributed by atoms with Crippen LogP contribution in [0.5, 0.6) is 0 Å². The molecule has 4 heteroatoms. The molecule has 2 heterocycles. The van der Waals surface area contributed by atoms with Gasteiger partial charge < -0.3 is 0 Å². The van der Waals surface area contributed by atoms with Gasteiger partial charge in [0, 0.05) is 11.5 Å². The van der Waals surface area contributed by atoms with Crippen molar-refractivity contribution in [2.75, 3.05) is 0 Å². The summed E-state index contributed by atoms with van der Waals surface area (Å²) in [6, 6.07) is 20.7. The SMILES string of the molecule is CC=C/C=C\c1cc([C@@H](C)c2nnc3ccc(-c4ccccc4)nn23)ccc1C. The van der Waals surface area contributed by atoms with Crippen molar-refractivity contribution in [2.45, 2.75) is 26.7 Å². The van der Waals surface area contributed by atoms with Gasteiger partial charge >= 0.3 is 0 Å². The summed E-state index contributed by atoms with van der Waals surface area (Å²) in [6.07, 6.45) is 8.27. The Bertz CT molecular complexity index is 1190. The molecule has 0 aliphatic rings. The molecule has 4 rings (SSSR count). The van der Waals surface area contributed by atoms with Crippen LogP contribution in [0.4, 0.5) is 0 Å². The number of allylic oxidation sites excluding steroid dienone is 3. The van der Waals surface area contributed by atoms with Crippen molar-refractivity contribution in [3.05, 3.63) is 101 Å². The molecule has 0 saturated carbocycles. The first kappa shape index (κ1) is 18.8. The summed E-state index contributed by atoms with van der Waals surface area (Å²) in [4.78, 5) is 0. The Kier molecular flexibility index (Phi) is 5.34. The van der Waals surface area contributed by atoms with Crippen LogP contribution in [-0.4, -0.2) is 19.8 Å². The molecule has 0 amide bonds. The number of hydrogen-bond acceptors (Lipinski definition) is 3. The second kappa shape index (κ2) is 8.23. The lowest BCUT2D eigenvalue weighted by molar-refractivity contribution is 0.752. The lowest BCUT2D eigenvalue weighted by Gasteiger charge is -2.12. The van der Waals surface area contributed by atoms with Gasteiger partial charge in [-0.25, -0.2) is 0 Å². The van der Waals surface area contributed by atoms with E-state index in [-0.39, 0.29) is 5.92 Å². The molecule has 1 atom stereocenters. The van der Waals surface area contributed by atoms with Crippen LogP contribution in [0, 0.1) is 6.92 Å². The van der Waals surface area contributed by atoms with Crippen molar-refractivity contribution >= 4 is 11.7 Å². The molecular weight excluding hydrogens is 356 g/mol. The maximum absolute atomic E-state index is 4.82. The highest BCUT2D eigenvalue weighted by Gasteiger charge is 2.17. The fraction of sp³-hybridized carbons (Fsp3) is 0.160. The van der Waals surface area contributed by atoms with Crippen LogP contribution in [0.15, 0.2) is 78.9 Å². The molecule has 29 heavy (non-hydrogen) atoms. The van der Waals surface area contributed by atoms with E-state index in [9.17, 15) is 0 Å². The van der Waals surface area contributed by atoms with E-state index in [2.05, 4.69) is 66.5 Å². The molecule has 0 saturated heterocycles. The summed E-state index contributed by atoms with van der Waals surface area (Å²) >= 11 is 0. The van der Waals surface area contributed by atoms with E-state index in [0.29, 0.717) is 0 Å². The van der Waals surface area contributed by atoms with Crippen molar-refractivity contribution in [2.24, 2.45) is 0 Å². The Morgan fingerprint density at radius 1 is 0.931 bits per heavy atom. The molecule has 0 fully saturated rings. The summed E-state index contributed by atoms with van der Waals surface area (Å²) in [5.74, 6) is 0.906. The van der Waals surface area contributed by atoms with Gasteiger partial charge in [0.15, 0.2) is 11.5 Å². The van der Waals surface area contributed by atoms with E-state index in [1.807, 2.05) is 53.9 Å². The van der Waals surface area contributed by atoms with Gasteiger partial charge in [0.2, 0.25) is 0 Å². The molecule has 0 bridgehead atoms. The minimum Gasteiger partial charge on any atom is -0.196 e. The minimum absolute atomic E-state index is 0.0676. The molecule has 144 valence electrons. The summed E-state index contributed by atoms with van der Waals surface area (Å²) < 4.78 is 1.86. The predicted molar refractivity (Wildman–Crippen MR) is 119 cm³/mol. The first-order valence-electron chi connectivity index (χ1n) is 9.85. The predicted octanol–water partition coefficient (Wildman–Crippen LogP) is 5.84. The molecule has 0 unspecified atom stereocenters. The maximum atomic E-state index is 4.82. The van der Waals surface area contributed by atoms with Crippen LogP contribution in [-0.2, 0) is 0 Å². The number of aryl methyl sites for hydroxylation is 1. The Morgan fingerprint density at radius 3 is 2.55 bits per heavy atom. The van der Waals surface area contributed by atoms with Gasteiger partial charge in [0.1, 0.15) is 0 Å². The van der Waals surface area contributed by atoms with Crippen molar-refractivity contribution in [1.29, 1.82) is 0 Å². The molecule has 0 radical (unpaired) electrons. The third kappa shape index (κ3) is 3.87. The molecule has 0 spiro atoms. The molecule has 4 nitrogen and oxygen atoms in total. The van der Waals surface area contributed by atoms with Gasteiger partial charge in [-0.15, -0.1) is 10.2 Å². The van der Waals surface area contributed by atoms with Gasteiger partial charge in [0.05, 0.1) is 5.69 Å². The summed E-state index contributed by atoms with van der Waals surface area (Å²) in [5, 5.41) is 13.6. The zero-order valence-electron chi connectivity index (χ0n) is 16.9. The van der Waals surface area contributed by atoms with Crippen LogP contribution >= 0.6 is 0 Å². The van der Waals surface area contributed by atoms with Crippen LogP contribution in [0.25, 0.3) is 23.0 Å². The van der Waals surface area contributed by atoms with Crippen molar-refractivity contribution < 1.29 is 0 Å². The van der Waals surface area contributed by atoms with Crippen LogP contribution in [0.1, 0.15) is 42.3 Å². The second-order valence-electron chi connectivity index (χ2n) is 7.14. The molecular formula is C25H24N4. The Balaban J connectivity index is 1.74. The highest BCUT2D eigenvalue weighted by Crippen LogP contribution is 2.26. The number of fused-ring (bicyclic) bond motifs is 1. The monoisotopic (exact) mass is 380 g/mol. The maximum Gasteiger partial charge on any atom is 0.177 e. The third-order valence-corrected chi connectivity index (χ3v) is 5.13. The fourth-order valence-electron chi connectivity index (χ4n) is 3.37. The second-order valence-corrected chi connectivity index (χ2v) is 7.14. The Morgan fingerprint density at radius 2 is 1.76 bits per heavy atom. The van der Waals surface area contributed by atoms with Gasteiger partial charge in [-0.2, -0.15) is 9.61 Å². The van der Waals surface area contributed by atoms with Gasteiger partial charge in [0.25, 0.3) is 0 Å². The van der Waals surface area contributed by atoms with Crippen molar-refractivity contribution in [3.63, 3.8) is 0 Å². The summed E-state index contributed by atoms with van der Waals surface area (Å²) in [5.41, 5.74) is 6.39. The highest BCUT2D eigenvalue weighted by atomic mass is 15.4. The lowest BCUT2D eigenvalue weighted by atomic mass is 9.95. The van der Waals surface area contributed by atoms with E-state index in [1.165, 1.54) is 16.7 Å². The standard InChI is InChI=1S/C25H24N4/c1-4-5-7-12-21-17-22(14-13-18(21)2)19(3)25-27-26-24-16-15-23(28-29(24)25)20-10-8-6-9-11-20/h4-17,19H,1-3H3/b5-4?,12-7-/t19-/m1/s1. The number of benzene rings is 2. The summed E-state index contributed by atoms with van der Waals surface area (Å²) in [7, 11) is 0. The molecule has 2 aromatic heterocycles. The molecule has 0 N–H and O–H groups in total. The number of nitrogens with zero attached hydrogens (tertiary/aromatic N) is 4. The molecule has 4 aromatic rings. The van der Waals surface area contributed by atoms with E-state index >= 15 is 0 Å². The highest BCUT2D eigenvalue weighted by molar-refractivity contribution is 5.60. The Hall–Kier alpha value is -3.53. The Labute approximate surface area is 171 Å². The first-order chi connectivity index (χ1) is 14.2. The smallest absolute Gasteiger partial charge is 0.177 e. The first-order valence-corrected chi connectivity index (χ1v) is 9.85. The fourth-order valence-corrected chi connectivity index (χ4v) is 3.37. The minimum atomic E-state index is 0.0676. The van der Waals surface area contributed by atoms with E-state index in [4.69, 9.17) is 5.10 Å². The van der Waals surface area contributed by atoms with Gasteiger partial charge in [-0.1, -0.05) is 79.8 Å². The normalized spacial score (nSPS) is 12.9. The zero-order valence-corrected chi connectivity index (χ0v) is 16.9. The van der Waals surface area contributed by atoms with Crippen molar-refractivity contribution in [3.8, 4) is 11.3 Å². The molecule has 0 aliphatic heterocycles. The van der Waals surface area contributed by atoms with Gasteiger partial charge in [-0.05, 0) is 42.7 Å². The lowest BCUT2D eigenvalue weighted by Crippen LogP contribution is -2.06. The van der Waals surface area contributed by atoms with E-state index < -0.39 is 0 Å². The van der Waals surface area contributed by atoms with E-state index in [0.717, 1.165) is 22.7 Å². The topological polar surface area (TPSA) is 43.1 Å². The van der Waals surface area contributed by atoms with Crippen LogP contribution in [0.3, 0.4) is 0 Å². The van der Waals surface area contributed by atoms with Crippen LogP contribution < -0.4 is 0 Å². The number of rotatable bonds is 5. The zero-order chi connectivity index (χ0) is 20.2. The van der Waals surface area contributed by atoms with E-state index in [1.54, 1.807) is 0 Å². The van der Waals surface area contributed by atoms with Crippen molar-refractivity contribution in [1.82, 2.24) is 19.8 Å². The molecule has 0 aliphatic carbocycles. The summed E-state index contributed by atoms with van der Waals surface area (Å²) in [6.45, 7) is 6.30. The van der Waals surface area contributed by atoms with Crippen LogP contribution in [0.2, 0.25) is 0 Å².